The largest absolute Gasteiger partial charge is 0.428 e. The summed E-state index contributed by atoms with van der Waals surface area (Å²) in [5.41, 5.74) is 2.46. The monoisotopic (exact) mass is 420 g/mol. The highest BCUT2D eigenvalue weighted by molar-refractivity contribution is 6.06. The van der Waals surface area contributed by atoms with Crippen LogP contribution in [0.3, 0.4) is 0 Å². The average molecular weight is 420 g/mol. The number of aromatic nitrogens is 1. The van der Waals surface area contributed by atoms with Crippen molar-refractivity contribution in [3.05, 3.63) is 83.6 Å². The molecular formula is C24H18F2N2O3. The third kappa shape index (κ3) is 3.90. The molecule has 0 unspecified atom stereocenters. The third-order valence-corrected chi connectivity index (χ3v) is 5.07. The maximum Gasteiger partial charge on any atom is 0.298 e. The Labute approximate surface area is 176 Å². The van der Waals surface area contributed by atoms with Crippen molar-refractivity contribution < 1.29 is 23.1 Å². The lowest BCUT2D eigenvalue weighted by molar-refractivity contribution is -0.120. The van der Waals surface area contributed by atoms with Crippen LogP contribution < -0.4 is 10.1 Å². The molecule has 0 spiro atoms. The van der Waals surface area contributed by atoms with Gasteiger partial charge >= 0.3 is 0 Å². The number of para-hydroxylation sites is 1. The van der Waals surface area contributed by atoms with E-state index in [0.29, 0.717) is 11.1 Å². The van der Waals surface area contributed by atoms with E-state index < -0.39 is 23.2 Å². The summed E-state index contributed by atoms with van der Waals surface area (Å²) in [6, 6.07) is 13.8. The van der Waals surface area contributed by atoms with Gasteiger partial charge in [-0.05, 0) is 59.5 Å². The molecule has 0 fully saturated rings. The molecule has 0 bridgehead atoms. The van der Waals surface area contributed by atoms with E-state index in [0.717, 1.165) is 22.9 Å². The van der Waals surface area contributed by atoms with Crippen molar-refractivity contribution in [2.75, 3.05) is 5.32 Å². The zero-order valence-electron chi connectivity index (χ0n) is 16.5. The molecule has 0 atom stereocenters. The van der Waals surface area contributed by atoms with Gasteiger partial charge in [-0.2, -0.15) is 0 Å². The first-order valence-corrected chi connectivity index (χ1v) is 9.62. The van der Waals surface area contributed by atoms with E-state index >= 15 is 0 Å². The van der Waals surface area contributed by atoms with Gasteiger partial charge in [0, 0.05) is 17.1 Å². The second-order valence-electron chi connectivity index (χ2n) is 6.91. The number of aromatic amines is 1. The number of nitrogens with one attached hydrogen (secondary N) is 2. The highest BCUT2D eigenvalue weighted by Crippen LogP contribution is 2.31. The van der Waals surface area contributed by atoms with Crippen molar-refractivity contribution in [2.45, 2.75) is 13.3 Å². The molecule has 31 heavy (non-hydrogen) atoms. The molecule has 2 N–H and O–H groups in total. The fraction of sp³-hybridized carbons (Fsp3) is 0.0833. The molecule has 0 aliphatic rings. The molecule has 1 aromatic heterocycles. The molecule has 3 aromatic carbocycles. The Morgan fingerprint density at radius 2 is 1.81 bits per heavy atom. The predicted octanol–water partition coefficient (Wildman–Crippen LogP) is 5.46. The van der Waals surface area contributed by atoms with Crippen LogP contribution in [0.4, 0.5) is 14.5 Å². The Morgan fingerprint density at radius 1 is 1.06 bits per heavy atom. The van der Waals surface area contributed by atoms with Crippen molar-refractivity contribution in [3.63, 3.8) is 0 Å². The minimum atomic E-state index is -0.915. The van der Waals surface area contributed by atoms with Gasteiger partial charge in [-0.15, -0.1) is 0 Å². The Hall–Kier alpha value is -4.00. The summed E-state index contributed by atoms with van der Waals surface area (Å²) in [4.78, 5) is 26.3. The van der Waals surface area contributed by atoms with Crippen molar-refractivity contribution in [3.8, 4) is 16.9 Å². The van der Waals surface area contributed by atoms with Crippen LogP contribution in [0.25, 0.3) is 22.0 Å². The standard InChI is InChI=1S/C24H18F2N2O3/c1-2-14-12-27-21-8-7-15(9-18(14)21)16-10-19(25)23(20(26)11-16)28-24(30)17-5-3-4-6-22(17)31-13-29/h3-13,27H,2H2,1H3,(H,28,30). The maximum absolute atomic E-state index is 14.8. The SMILES string of the molecule is CCc1c[nH]c2ccc(-c3cc(F)c(NC(=O)c4ccccc4OC=O)c(F)c3)cc12. The van der Waals surface area contributed by atoms with E-state index in [9.17, 15) is 18.4 Å². The first-order valence-electron chi connectivity index (χ1n) is 9.62. The second-order valence-corrected chi connectivity index (χ2v) is 6.91. The predicted molar refractivity (Wildman–Crippen MR) is 114 cm³/mol. The number of carbonyl (C=O) groups is 2. The van der Waals surface area contributed by atoms with Crippen LogP contribution in [0.15, 0.2) is 60.8 Å². The number of rotatable bonds is 6. The molecule has 0 saturated heterocycles. The Bertz CT molecular complexity index is 1270. The quantitative estimate of drug-likeness (QED) is 0.407. The molecule has 5 nitrogen and oxygen atoms in total. The van der Waals surface area contributed by atoms with Gasteiger partial charge in [-0.25, -0.2) is 8.78 Å². The number of halogens is 2. The Morgan fingerprint density at radius 3 is 2.52 bits per heavy atom. The summed E-state index contributed by atoms with van der Waals surface area (Å²) >= 11 is 0. The van der Waals surface area contributed by atoms with E-state index in [-0.39, 0.29) is 17.8 Å². The number of carbonyl (C=O) groups excluding carboxylic acids is 2. The summed E-state index contributed by atoms with van der Waals surface area (Å²) in [7, 11) is 0. The lowest BCUT2D eigenvalue weighted by atomic mass is 10.0. The van der Waals surface area contributed by atoms with Crippen LogP contribution in [-0.2, 0) is 11.2 Å². The average Bonchev–Trinajstić information content (AvgIpc) is 3.19. The van der Waals surface area contributed by atoms with E-state index in [2.05, 4.69) is 10.3 Å². The van der Waals surface area contributed by atoms with E-state index in [1.54, 1.807) is 18.2 Å². The van der Waals surface area contributed by atoms with Gasteiger partial charge in [-0.1, -0.05) is 25.1 Å². The molecule has 0 saturated carbocycles. The first kappa shape index (κ1) is 20.3. The lowest BCUT2D eigenvalue weighted by Crippen LogP contribution is -2.15. The number of aryl methyl sites for hydroxylation is 1. The second kappa shape index (κ2) is 8.39. The van der Waals surface area contributed by atoms with Gasteiger partial charge in [0.25, 0.3) is 12.4 Å². The number of ether oxygens (including phenoxy) is 1. The summed E-state index contributed by atoms with van der Waals surface area (Å²) in [5.74, 6) is -2.65. The highest BCUT2D eigenvalue weighted by atomic mass is 19.1. The fourth-order valence-corrected chi connectivity index (χ4v) is 3.50. The van der Waals surface area contributed by atoms with Crippen LogP contribution >= 0.6 is 0 Å². The Balaban J connectivity index is 1.67. The third-order valence-electron chi connectivity index (χ3n) is 5.07. The zero-order valence-corrected chi connectivity index (χ0v) is 16.5. The van der Waals surface area contributed by atoms with Crippen LogP contribution in [0, 0.1) is 11.6 Å². The summed E-state index contributed by atoms with van der Waals surface area (Å²) in [5, 5.41) is 3.22. The van der Waals surface area contributed by atoms with Gasteiger partial charge in [0.2, 0.25) is 0 Å². The van der Waals surface area contributed by atoms with Gasteiger partial charge < -0.3 is 15.0 Å². The van der Waals surface area contributed by atoms with Gasteiger partial charge in [0.15, 0.2) is 0 Å². The number of amides is 1. The van der Waals surface area contributed by atoms with Crippen molar-refractivity contribution >= 4 is 29.0 Å². The summed E-state index contributed by atoms with van der Waals surface area (Å²) in [6.07, 6.45) is 2.74. The number of benzene rings is 3. The molecule has 7 heteroatoms. The zero-order chi connectivity index (χ0) is 22.0. The minimum absolute atomic E-state index is 0.0148. The molecule has 156 valence electrons. The topological polar surface area (TPSA) is 71.2 Å². The van der Waals surface area contributed by atoms with Crippen LogP contribution in [0.2, 0.25) is 0 Å². The van der Waals surface area contributed by atoms with Gasteiger partial charge in [0.1, 0.15) is 23.1 Å². The molecule has 0 radical (unpaired) electrons. The molecule has 0 aliphatic heterocycles. The van der Waals surface area contributed by atoms with Gasteiger partial charge in [-0.3, -0.25) is 9.59 Å². The summed E-state index contributed by atoms with van der Waals surface area (Å²) < 4.78 is 34.3. The molecule has 1 heterocycles. The van der Waals surface area contributed by atoms with E-state index in [4.69, 9.17) is 4.74 Å². The van der Waals surface area contributed by atoms with E-state index in [1.165, 1.54) is 24.3 Å². The maximum atomic E-state index is 14.8. The lowest BCUT2D eigenvalue weighted by Gasteiger charge is -2.12. The highest BCUT2D eigenvalue weighted by Gasteiger charge is 2.19. The van der Waals surface area contributed by atoms with Crippen LogP contribution in [-0.4, -0.2) is 17.4 Å². The number of hydrogen-bond donors (Lipinski definition) is 2. The summed E-state index contributed by atoms with van der Waals surface area (Å²) in [6.45, 7) is 2.21. The number of fused-ring (bicyclic) bond motifs is 1. The van der Waals surface area contributed by atoms with Crippen LogP contribution in [0.5, 0.6) is 5.75 Å². The Kier molecular flexibility index (Phi) is 5.49. The molecule has 1 amide bonds. The van der Waals surface area contributed by atoms with Gasteiger partial charge in [0.05, 0.1) is 5.56 Å². The van der Waals surface area contributed by atoms with Crippen molar-refractivity contribution in [2.24, 2.45) is 0 Å². The van der Waals surface area contributed by atoms with Crippen molar-refractivity contribution in [1.29, 1.82) is 0 Å². The fourth-order valence-electron chi connectivity index (χ4n) is 3.50. The number of anilines is 1. The minimum Gasteiger partial charge on any atom is -0.428 e. The molecule has 4 rings (SSSR count). The van der Waals surface area contributed by atoms with Crippen molar-refractivity contribution in [1.82, 2.24) is 4.98 Å². The smallest absolute Gasteiger partial charge is 0.298 e. The number of hydrogen-bond acceptors (Lipinski definition) is 3. The molecule has 0 aliphatic carbocycles. The first-order chi connectivity index (χ1) is 15.0. The molecule has 4 aromatic rings. The molecular weight excluding hydrogens is 402 g/mol. The van der Waals surface area contributed by atoms with E-state index in [1.807, 2.05) is 25.3 Å². The van der Waals surface area contributed by atoms with Crippen LogP contribution in [0.1, 0.15) is 22.8 Å². The number of H-pyrrole nitrogens is 1. The normalized spacial score (nSPS) is 10.8.